The van der Waals surface area contributed by atoms with Crippen LogP contribution in [0.1, 0.15) is 13.3 Å². The van der Waals surface area contributed by atoms with E-state index >= 15 is 0 Å². The van der Waals surface area contributed by atoms with Gasteiger partial charge in [-0.1, -0.05) is 0 Å². The third kappa shape index (κ3) is 2.32. The van der Waals surface area contributed by atoms with Crippen LogP contribution in [-0.4, -0.2) is 18.6 Å². The number of carbonyl (C=O) groups is 1. The molecule has 0 aromatic carbocycles. The highest BCUT2D eigenvalue weighted by Crippen LogP contribution is 2.19. The van der Waals surface area contributed by atoms with E-state index in [4.69, 9.17) is 10.6 Å². The second-order valence-corrected chi connectivity index (χ2v) is 2.48. The van der Waals surface area contributed by atoms with Crippen molar-refractivity contribution in [3.05, 3.63) is 0 Å². The minimum absolute atomic E-state index is 0. The van der Waals surface area contributed by atoms with Crippen molar-refractivity contribution in [3.8, 4) is 0 Å². The molecule has 0 spiro atoms. The van der Waals surface area contributed by atoms with E-state index in [1.807, 2.05) is 6.92 Å². The van der Waals surface area contributed by atoms with Gasteiger partial charge in [-0.2, -0.15) is 0 Å². The quantitative estimate of drug-likeness (QED) is 0.334. The van der Waals surface area contributed by atoms with Gasteiger partial charge in [0.1, 0.15) is 0 Å². The largest absolute Gasteiger partial charge is 0.378 e. The first kappa shape index (κ1) is 10.7. The van der Waals surface area contributed by atoms with Crippen LogP contribution in [0.4, 0.5) is 0 Å². The Bertz CT molecular complexity index is 143. The highest BCUT2D eigenvalue weighted by atomic mass is 35.5. The summed E-state index contributed by atoms with van der Waals surface area (Å²) in [5, 5.41) is 0. The second kappa shape index (κ2) is 4.54. The van der Waals surface area contributed by atoms with Crippen LogP contribution in [0.15, 0.2) is 0 Å². The van der Waals surface area contributed by atoms with Gasteiger partial charge in [0.15, 0.2) is 0 Å². The molecule has 1 saturated heterocycles. The number of rotatable bonds is 1. The summed E-state index contributed by atoms with van der Waals surface area (Å²) in [6, 6.07) is 0. The van der Waals surface area contributed by atoms with Gasteiger partial charge >= 0.3 is 0 Å². The van der Waals surface area contributed by atoms with Crippen molar-refractivity contribution < 1.29 is 9.53 Å². The monoisotopic (exact) mass is 180 g/mol. The molecule has 0 aromatic rings. The van der Waals surface area contributed by atoms with Crippen LogP contribution >= 0.6 is 12.4 Å². The normalized spacial score (nSPS) is 29.3. The molecular weight excluding hydrogens is 168 g/mol. The molecule has 5 heteroatoms. The molecule has 1 heterocycles. The maximum Gasteiger partial charge on any atom is 0.239 e. The van der Waals surface area contributed by atoms with E-state index in [9.17, 15) is 4.79 Å². The molecule has 0 saturated carbocycles. The molecule has 1 fully saturated rings. The van der Waals surface area contributed by atoms with Crippen molar-refractivity contribution in [1.29, 1.82) is 0 Å². The summed E-state index contributed by atoms with van der Waals surface area (Å²) in [7, 11) is 0. The Kier molecular flexibility index (Phi) is 4.40. The van der Waals surface area contributed by atoms with Crippen molar-refractivity contribution in [2.45, 2.75) is 19.4 Å². The third-order valence-electron chi connectivity index (χ3n) is 1.86. The standard InChI is InChI=1S/C6H12N2O2.ClH/c1-4-5(2-3-10-4)6(9)8-7;/h4-5H,2-3,7H2,1H3,(H,8,9);1H/t4-,5+;/m1./s1. The van der Waals surface area contributed by atoms with Gasteiger partial charge < -0.3 is 4.74 Å². The van der Waals surface area contributed by atoms with Gasteiger partial charge in [-0.25, -0.2) is 5.84 Å². The number of halogens is 1. The summed E-state index contributed by atoms with van der Waals surface area (Å²) in [5.41, 5.74) is 2.12. The number of amides is 1. The van der Waals surface area contributed by atoms with Crippen molar-refractivity contribution in [3.63, 3.8) is 0 Å². The summed E-state index contributed by atoms with van der Waals surface area (Å²) < 4.78 is 5.17. The molecule has 1 aliphatic rings. The van der Waals surface area contributed by atoms with Crippen LogP contribution in [0.25, 0.3) is 0 Å². The fourth-order valence-electron chi connectivity index (χ4n) is 1.18. The number of hydrogen-bond donors (Lipinski definition) is 2. The summed E-state index contributed by atoms with van der Waals surface area (Å²) in [6.45, 7) is 2.55. The maximum atomic E-state index is 10.9. The topological polar surface area (TPSA) is 64.3 Å². The molecule has 0 unspecified atom stereocenters. The van der Waals surface area contributed by atoms with E-state index in [0.717, 1.165) is 6.42 Å². The first-order valence-corrected chi connectivity index (χ1v) is 3.37. The Morgan fingerprint density at radius 3 is 2.73 bits per heavy atom. The molecular formula is C6H13ClN2O2. The first-order valence-electron chi connectivity index (χ1n) is 3.37. The maximum absolute atomic E-state index is 10.9. The van der Waals surface area contributed by atoms with Crippen molar-refractivity contribution in [2.75, 3.05) is 6.61 Å². The molecule has 0 aliphatic carbocycles. The second-order valence-electron chi connectivity index (χ2n) is 2.48. The minimum Gasteiger partial charge on any atom is -0.378 e. The van der Waals surface area contributed by atoms with E-state index in [-0.39, 0.29) is 30.3 Å². The van der Waals surface area contributed by atoms with E-state index in [1.54, 1.807) is 0 Å². The Morgan fingerprint density at radius 1 is 1.73 bits per heavy atom. The highest BCUT2D eigenvalue weighted by molar-refractivity contribution is 5.85. The summed E-state index contributed by atoms with van der Waals surface area (Å²) in [4.78, 5) is 10.9. The molecule has 1 aliphatic heterocycles. The lowest BCUT2D eigenvalue weighted by atomic mass is 10.0. The zero-order valence-corrected chi connectivity index (χ0v) is 7.19. The van der Waals surface area contributed by atoms with Crippen LogP contribution < -0.4 is 11.3 Å². The smallest absolute Gasteiger partial charge is 0.239 e. The van der Waals surface area contributed by atoms with Gasteiger partial charge in [-0.05, 0) is 13.3 Å². The number of ether oxygens (including phenoxy) is 1. The fourth-order valence-corrected chi connectivity index (χ4v) is 1.18. The van der Waals surface area contributed by atoms with E-state index < -0.39 is 0 Å². The Morgan fingerprint density at radius 2 is 2.36 bits per heavy atom. The van der Waals surface area contributed by atoms with Crippen LogP contribution in [0.2, 0.25) is 0 Å². The van der Waals surface area contributed by atoms with Crippen molar-refractivity contribution in [2.24, 2.45) is 11.8 Å². The predicted molar refractivity (Wildman–Crippen MR) is 43.1 cm³/mol. The molecule has 0 bridgehead atoms. The summed E-state index contributed by atoms with van der Waals surface area (Å²) in [6.07, 6.45) is 0.799. The summed E-state index contributed by atoms with van der Waals surface area (Å²) in [5.74, 6) is 4.79. The summed E-state index contributed by atoms with van der Waals surface area (Å²) >= 11 is 0. The van der Waals surface area contributed by atoms with Crippen molar-refractivity contribution in [1.82, 2.24) is 5.43 Å². The minimum atomic E-state index is -0.120. The van der Waals surface area contributed by atoms with Gasteiger partial charge in [0, 0.05) is 6.61 Å². The third-order valence-corrected chi connectivity index (χ3v) is 1.86. The van der Waals surface area contributed by atoms with Gasteiger partial charge in [0.05, 0.1) is 12.0 Å². The number of carbonyl (C=O) groups excluding carboxylic acids is 1. The molecule has 2 atom stereocenters. The van der Waals surface area contributed by atoms with Gasteiger partial charge in [0.25, 0.3) is 0 Å². The number of hydrogen-bond acceptors (Lipinski definition) is 3. The fraction of sp³-hybridized carbons (Fsp3) is 0.833. The number of hydrazine groups is 1. The van der Waals surface area contributed by atoms with Crippen LogP contribution in [-0.2, 0) is 9.53 Å². The molecule has 66 valence electrons. The Hall–Kier alpha value is -0.320. The molecule has 1 rings (SSSR count). The molecule has 0 radical (unpaired) electrons. The molecule has 4 nitrogen and oxygen atoms in total. The van der Waals surface area contributed by atoms with Gasteiger partial charge in [-0.15, -0.1) is 12.4 Å². The van der Waals surface area contributed by atoms with Crippen LogP contribution in [0.3, 0.4) is 0 Å². The predicted octanol–water partition coefficient (Wildman–Crippen LogP) is -0.177. The lowest BCUT2D eigenvalue weighted by Crippen LogP contribution is -2.38. The van der Waals surface area contributed by atoms with Crippen LogP contribution in [0.5, 0.6) is 0 Å². The van der Waals surface area contributed by atoms with E-state index in [1.165, 1.54) is 0 Å². The lowest BCUT2D eigenvalue weighted by Gasteiger charge is -2.10. The SMILES string of the molecule is C[C@H]1OCC[C@@H]1C(=O)NN.Cl. The average Bonchev–Trinajstić information content (AvgIpc) is 2.34. The zero-order chi connectivity index (χ0) is 7.56. The zero-order valence-electron chi connectivity index (χ0n) is 6.37. The average molecular weight is 181 g/mol. The van der Waals surface area contributed by atoms with Gasteiger partial charge in [-0.3, -0.25) is 10.2 Å². The Balaban J connectivity index is 0.000001000. The number of nitrogens with two attached hydrogens (primary N) is 1. The highest BCUT2D eigenvalue weighted by Gasteiger charge is 2.29. The van der Waals surface area contributed by atoms with E-state index in [2.05, 4.69) is 5.43 Å². The molecule has 0 aromatic heterocycles. The van der Waals surface area contributed by atoms with Crippen molar-refractivity contribution >= 4 is 18.3 Å². The first-order chi connectivity index (χ1) is 4.75. The lowest BCUT2D eigenvalue weighted by molar-refractivity contribution is -0.126. The Labute approximate surface area is 71.8 Å². The number of nitrogens with one attached hydrogen (secondary N) is 1. The molecule has 11 heavy (non-hydrogen) atoms. The molecule has 3 N–H and O–H groups in total. The van der Waals surface area contributed by atoms with Crippen LogP contribution in [0, 0.1) is 5.92 Å². The van der Waals surface area contributed by atoms with Gasteiger partial charge in [0.2, 0.25) is 5.91 Å². The molecule has 1 amide bonds. The van der Waals surface area contributed by atoms with E-state index in [0.29, 0.717) is 6.61 Å².